The molecule has 0 amide bonds. The molecule has 1 atom stereocenters. The predicted octanol–water partition coefficient (Wildman–Crippen LogP) is 0.358. The van der Waals surface area contributed by atoms with Gasteiger partial charge in [0.15, 0.2) is 0 Å². The lowest BCUT2D eigenvalue weighted by atomic mass is 10.2. The summed E-state index contributed by atoms with van der Waals surface area (Å²) in [7, 11) is 1.94. The minimum Gasteiger partial charge on any atom is -0.481 e. The number of hydrogen-bond acceptors (Lipinski definition) is 4. The highest BCUT2D eigenvalue weighted by molar-refractivity contribution is 5.67. The number of carboxylic acid groups (broad SMARTS) is 1. The number of carbonyl (C=O) groups is 1. The van der Waals surface area contributed by atoms with E-state index in [-0.39, 0.29) is 12.5 Å². The van der Waals surface area contributed by atoms with Gasteiger partial charge in [-0.3, -0.25) is 9.78 Å². The fourth-order valence-corrected chi connectivity index (χ4v) is 1.65. The third-order valence-electron chi connectivity index (χ3n) is 2.49. The minimum absolute atomic E-state index is 0.0111. The molecule has 17 heavy (non-hydrogen) atoms. The molecule has 1 heterocycles. The van der Waals surface area contributed by atoms with Crippen molar-refractivity contribution >= 4 is 5.97 Å². The fraction of sp³-hybridized carbons (Fsp3) is 0.500. The largest absolute Gasteiger partial charge is 0.481 e. The molecule has 0 bridgehead atoms. The quantitative estimate of drug-likeness (QED) is 0.715. The maximum Gasteiger partial charge on any atom is 0.304 e. The van der Waals surface area contributed by atoms with Crippen molar-refractivity contribution in [1.82, 2.24) is 9.88 Å². The molecule has 0 spiro atoms. The van der Waals surface area contributed by atoms with Crippen molar-refractivity contribution in [1.29, 1.82) is 0 Å². The topological polar surface area (TPSA) is 79.5 Å². The highest BCUT2D eigenvalue weighted by atomic mass is 16.4. The number of aliphatic carboxylic acids is 1. The Labute approximate surface area is 101 Å². The van der Waals surface area contributed by atoms with Gasteiger partial charge >= 0.3 is 5.97 Å². The molecule has 3 N–H and O–H groups in total. The molecule has 5 heteroatoms. The lowest BCUT2D eigenvalue weighted by molar-refractivity contribution is -0.137. The third kappa shape index (κ3) is 5.99. The molecule has 0 aliphatic heterocycles. The molecular weight excluding hydrogens is 218 g/mol. The predicted molar refractivity (Wildman–Crippen MR) is 65.7 cm³/mol. The van der Waals surface area contributed by atoms with Crippen molar-refractivity contribution in [2.45, 2.75) is 18.9 Å². The molecule has 0 saturated carbocycles. The Hall–Kier alpha value is -1.46. The molecule has 0 radical (unpaired) electrons. The average Bonchev–Trinajstić information content (AvgIpc) is 2.26. The molecule has 1 rings (SSSR count). The van der Waals surface area contributed by atoms with Gasteiger partial charge in [-0.25, -0.2) is 0 Å². The van der Waals surface area contributed by atoms with Gasteiger partial charge in [-0.1, -0.05) is 6.07 Å². The van der Waals surface area contributed by atoms with Gasteiger partial charge in [-0.15, -0.1) is 0 Å². The Morgan fingerprint density at radius 1 is 1.65 bits per heavy atom. The highest BCUT2D eigenvalue weighted by Crippen LogP contribution is 1.99. The standard InChI is InChI=1S/C12H19N3O2/c1-15(9-11(13)7-12(16)17)6-4-10-3-2-5-14-8-10/h2-3,5,8,11H,4,6-7,9,13H2,1H3,(H,16,17). The van der Waals surface area contributed by atoms with Gasteiger partial charge < -0.3 is 15.7 Å². The van der Waals surface area contributed by atoms with Crippen LogP contribution < -0.4 is 5.73 Å². The van der Waals surface area contributed by atoms with Crippen LogP contribution in [0.1, 0.15) is 12.0 Å². The van der Waals surface area contributed by atoms with E-state index in [4.69, 9.17) is 10.8 Å². The zero-order valence-corrected chi connectivity index (χ0v) is 10.0. The van der Waals surface area contributed by atoms with Crippen LogP contribution in [0.25, 0.3) is 0 Å². The van der Waals surface area contributed by atoms with E-state index >= 15 is 0 Å². The first-order chi connectivity index (χ1) is 8.08. The summed E-state index contributed by atoms with van der Waals surface area (Å²) in [5, 5.41) is 8.60. The second-order valence-corrected chi connectivity index (χ2v) is 4.23. The van der Waals surface area contributed by atoms with Crippen LogP contribution >= 0.6 is 0 Å². The van der Waals surface area contributed by atoms with E-state index in [1.165, 1.54) is 5.56 Å². The summed E-state index contributed by atoms with van der Waals surface area (Å²) in [5.74, 6) is -0.849. The zero-order valence-electron chi connectivity index (χ0n) is 10.0. The van der Waals surface area contributed by atoms with Crippen LogP contribution in [0.15, 0.2) is 24.5 Å². The van der Waals surface area contributed by atoms with Gasteiger partial charge in [0.1, 0.15) is 0 Å². The van der Waals surface area contributed by atoms with Crippen molar-refractivity contribution in [2.24, 2.45) is 5.73 Å². The van der Waals surface area contributed by atoms with Crippen LogP contribution in [-0.2, 0) is 11.2 Å². The van der Waals surface area contributed by atoms with E-state index in [1.807, 2.05) is 30.3 Å². The van der Waals surface area contributed by atoms with Crippen molar-refractivity contribution < 1.29 is 9.90 Å². The van der Waals surface area contributed by atoms with Crippen LogP contribution in [-0.4, -0.2) is 47.1 Å². The second-order valence-electron chi connectivity index (χ2n) is 4.23. The first kappa shape index (κ1) is 13.6. The number of aromatic nitrogens is 1. The lowest BCUT2D eigenvalue weighted by Crippen LogP contribution is -2.37. The number of likely N-dealkylation sites (N-methyl/N-ethyl adjacent to an activating group) is 1. The number of rotatable bonds is 7. The van der Waals surface area contributed by atoms with E-state index in [0.29, 0.717) is 6.54 Å². The Morgan fingerprint density at radius 2 is 2.41 bits per heavy atom. The van der Waals surface area contributed by atoms with E-state index < -0.39 is 5.97 Å². The lowest BCUT2D eigenvalue weighted by Gasteiger charge is -2.20. The van der Waals surface area contributed by atoms with Gasteiger partial charge in [0.2, 0.25) is 0 Å². The van der Waals surface area contributed by atoms with E-state index in [0.717, 1.165) is 13.0 Å². The molecule has 94 valence electrons. The smallest absolute Gasteiger partial charge is 0.304 e. The summed E-state index contributed by atoms with van der Waals surface area (Å²) in [6, 6.07) is 3.62. The Kier molecular flexibility index (Phi) is 5.59. The van der Waals surface area contributed by atoms with Gasteiger partial charge in [0.25, 0.3) is 0 Å². The monoisotopic (exact) mass is 237 g/mol. The summed E-state index contributed by atoms with van der Waals surface area (Å²) in [6.07, 6.45) is 4.49. The maximum absolute atomic E-state index is 10.5. The Morgan fingerprint density at radius 3 is 3.00 bits per heavy atom. The normalized spacial score (nSPS) is 12.6. The van der Waals surface area contributed by atoms with Crippen molar-refractivity contribution in [3.63, 3.8) is 0 Å². The Balaban J connectivity index is 2.25. The summed E-state index contributed by atoms with van der Waals surface area (Å²) in [6.45, 7) is 1.44. The van der Waals surface area contributed by atoms with Crippen molar-refractivity contribution in [3.05, 3.63) is 30.1 Å². The van der Waals surface area contributed by atoms with Crippen LogP contribution in [0.5, 0.6) is 0 Å². The number of pyridine rings is 1. The van der Waals surface area contributed by atoms with Gasteiger partial charge in [0, 0.05) is 31.5 Å². The highest BCUT2D eigenvalue weighted by Gasteiger charge is 2.10. The van der Waals surface area contributed by atoms with Gasteiger partial charge in [-0.05, 0) is 25.1 Å². The SMILES string of the molecule is CN(CCc1cccnc1)CC(N)CC(=O)O. The first-order valence-electron chi connectivity index (χ1n) is 5.62. The summed E-state index contributed by atoms with van der Waals surface area (Å²) in [4.78, 5) is 16.5. The number of nitrogens with two attached hydrogens (primary N) is 1. The van der Waals surface area contributed by atoms with Crippen LogP contribution in [0.4, 0.5) is 0 Å². The molecule has 0 saturated heterocycles. The first-order valence-corrected chi connectivity index (χ1v) is 5.62. The van der Waals surface area contributed by atoms with Crippen LogP contribution in [0, 0.1) is 0 Å². The van der Waals surface area contributed by atoms with E-state index in [9.17, 15) is 4.79 Å². The van der Waals surface area contributed by atoms with Crippen molar-refractivity contribution in [3.8, 4) is 0 Å². The summed E-state index contributed by atoms with van der Waals surface area (Å²) < 4.78 is 0. The number of nitrogens with zero attached hydrogens (tertiary/aromatic N) is 2. The number of carboxylic acids is 1. The fourth-order valence-electron chi connectivity index (χ4n) is 1.65. The molecule has 1 aromatic heterocycles. The maximum atomic E-state index is 10.5. The minimum atomic E-state index is -0.849. The molecule has 1 aromatic rings. The van der Waals surface area contributed by atoms with E-state index in [1.54, 1.807) is 6.20 Å². The molecule has 1 unspecified atom stereocenters. The van der Waals surface area contributed by atoms with Crippen LogP contribution in [0.3, 0.4) is 0 Å². The molecular formula is C12H19N3O2. The summed E-state index contributed by atoms with van der Waals surface area (Å²) in [5.41, 5.74) is 6.88. The van der Waals surface area contributed by atoms with E-state index in [2.05, 4.69) is 4.98 Å². The average molecular weight is 237 g/mol. The van der Waals surface area contributed by atoms with Gasteiger partial charge in [0.05, 0.1) is 6.42 Å². The molecule has 5 nitrogen and oxygen atoms in total. The number of hydrogen-bond donors (Lipinski definition) is 2. The zero-order chi connectivity index (χ0) is 12.7. The van der Waals surface area contributed by atoms with Crippen molar-refractivity contribution in [2.75, 3.05) is 20.1 Å². The van der Waals surface area contributed by atoms with Gasteiger partial charge in [-0.2, -0.15) is 0 Å². The van der Waals surface area contributed by atoms with Crippen LogP contribution in [0.2, 0.25) is 0 Å². The molecule has 0 fully saturated rings. The Bertz CT molecular complexity index is 343. The summed E-state index contributed by atoms with van der Waals surface area (Å²) >= 11 is 0. The second kappa shape index (κ2) is 6.98. The third-order valence-corrected chi connectivity index (χ3v) is 2.49. The molecule has 0 aliphatic rings. The molecule has 0 aliphatic carbocycles. The molecule has 0 aromatic carbocycles.